The van der Waals surface area contributed by atoms with E-state index in [9.17, 15) is 28.3 Å². The first-order chi connectivity index (χ1) is 14.9. The van der Waals surface area contributed by atoms with Crippen LogP contribution in [0.5, 0.6) is 5.75 Å². The molecular weight excluding hydrogens is 422 g/mol. The van der Waals surface area contributed by atoms with Crippen LogP contribution >= 0.6 is 0 Å². The SMILES string of the molecule is CC#CC(Nc1c(Nc2ccnc(C(=O)N(C)C)c2O)c(=O)c1=O)C1(C)CCC(F)(F)C1. The van der Waals surface area contributed by atoms with Crippen molar-refractivity contribution in [2.45, 2.75) is 45.1 Å². The molecule has 1 aliphatic carbocycles. The van der Waals surface area contributed by atoms with Crippen molar-refractivity contribution in [2.24, 2.45) is 5.41 Å². The molecule has 170 valence electrons. The summed E-state index contributed by atoms with van der Waals surface area (Å²) in [5, 5.41) is 16.0. The molecule has 0 radical (unpaired) electrons. The summed E-state index contributed by atoms with van der Waals surface area (Å²) in [6.45, 7) is 3.23. The minimum atomic E-state index is -2.82. The molecule has 2 atom stereocenters. The Balaban J connectivity index is 1.92. The lowest BCUT2D eigenvalue weighted by Crippen LogP contribution is -2.43. The minimum absolute atomic E-state index is 0.00270. The third-order valence-corrected chi connectivity index (χ3v) is 5.70. The van der Waals surface area contributed by atoms with Gasteiger partial charge in [0.05, 0.1) is 11.7 Å². The first kappa shape index (κ1) is 23.2. The third-order valence-electron chi connectivity index (χ3n) is 5.70. The lowest BCUT2D eigenvalue weighted by atomic mass is 9.80. The lowest BCUT2D eigenvalue weighted by Gasteiger charge is -2.32. The first-order valence-corrected chi connectivity index (χ1v) is 9.97. The molecule has 0 bridgehead atoms. The van der Waals surface area contributed by atoms with Crippen molar-refractivity contribution in [3.63, 3.8) is 0 Å². The summed E-state index contributed by atoms with van der Waals surface area (Å²) in [5.74, 6) is 1.67. The second-order valence-corrected chi connectivity index (χ2v) is 8.45. The van der Waals surface area contributed by atoms with Gasteiger partial charge in [0.2, 0.25) is 5.92 Å². The number of hydrogen-bond acceptors (Lipinski definition) is 7. The van der Waals surface area contributed by atoms with Gasteiger partial charge in [-0.1, -0.05) is 12.8 Å². The Labute approximate surface area is 183 Å². The van der Waals surface area contributed by atoms with Crippen molar-refractivity contribution in [2.75, 3.05) is 24.7 Å². The molecule has 2 unspecified atom stereocenters. The summed E-state index contributed by atoms with van der Waals surface area (Å²) >= 11 is 0. The molecule has 0 aliphatic heterocycles. The van der Waals surface area contributed by atoms with Gasteiger partial charge in [0.15, 0.2) is 11.4 Å². The van der Waals surface area contributed by atoms with E-state index in [-0.39, 0.29) is 35.6 Å². The summed E-state index contributed by atoms with van der Waals surface area (Å²) in [6, 6.07) is 0.548. The molecule has 3 N–H and O–H groups in total. The largest absolute Gasteiger partial charge is 0.504 e. The zero-order valence-corrected chi connectivity index (χ0v) is 18.2. The van der Waals surface area contributed by atoms with E-state index in [0.717, 1.165) is 0 Å². The Morgan fingerprint density at radius 2 is 1.91 bits per heavy atom. The van der Waals surface area contributed by atoms with Gasteiger partial charge in [0.1, 0.15) is 11.4 Å². The number of aromatic hydroxyl groups is 1. The maximum atomic E-state index is 13.9. The van der Waals surface area contributed by atoms with Gasteiger partial charge < -0.3 is 20.6 Å². The predicted molar refractivity (Wildman–Crippen MR) is 116 cm³/mol. The summed E-state index contributed by atoms with van der Waals surface area (Å²) in [7, 11) is 2.98. The monoisotopic (exact) mass is 446 g/mol. The Morgan fingerprint density at radius 3 is 2.47 bits per heavy atom. The smallest absolute Gasteiger partial charge is 0.275 e. The standard InChI is InChI=1S/C22H24F2N4O4/c1-5-6-13(21(2)8-9-22(23,24)11-21)27-15-14(18(30)19(15)31)26-12-7-10-25-16(17(12)29)20(32)28(3)4/h7,10,13,27,29H,8-9,11H2,1-4H3,(H,25,26). The number of carbonyl (C=O) groups is 1. The average molecular weight is 446 g/mol. The first-order valence-electron chi connectivity index (χ1n) is 9.97. The molecule has 3 rings (SSSR count). The van der Waals surface area contributed by atoms with E-state index in [1.807, 2.05) is 0 Å². The maximum absolute atomic E-state index is 13.9. The second-order valence-electron chi connectivity index (χ2n) is 8.45. The number of nitrogens with zero attached hydrogens (tertiary/aromatic N) is 2. The fourth-order valence-corrected chi connectivity index (χ4v) is 3.86. The van der Waals surface area contributed by atoms with Crippen molar-refractivity contribution in [3.8, 4) is 17.6 Å². The van der Waals surface area contributed by atoms with Gasteiger partial charge in [-0.3, -0.25) is 14.4 Å². The molecule has 1 aromatic carbocycles. The van der Waals surface area contributed by atoms with Crippen LogP contribution in [0.25, 0.3) is 0 Å². The number of nitrogens with one attached hydrogen (secondary N) is 2. The fourth-order valence-electron chi connectivity index (χ4n) is 3.86. The van der Waals surface area contributed by atoms with Crippen LogP contribution in [0.2, 0.25) is 0 Å². The summed E-state index contributed by atoms with van der Waals surface area (Å²) < 4.78 is 27.8. The van der Waals surface area contributed by atoms with Crippen LogP contribution in [0.15, 0.2) is 21.9 Å². The number of alkyl halides is 2. The molecule has 0 spiro atoms. The third kappa shape index (κ3) is 4.15. The molecule has 1 aliphatic rings. The highest BCUT2D eigenvalue weighted by Gasteiger charge is 2.50. The molecule has 1 aromatic heterocycles. The number of aromatic nitrogens is 1. The number of anilines is 3. The molecule has 2 aromatic rings. The van der Waals surface area contributed by atoms with Gasteiger partial charge in [0, 0.05) is 38.5 Å². The number of amides is 1. The quantitative estimate of drug-likeness (QED) is 0.462. The fraction of sp³-hybridized carbons (Fsp3) is 0.455. The van der Waals surface area contributed by atoms with E-state index in [4.69, 9.17) is 0 Å². The Bertz CT molecular complexity index is 1190. The summed E-state index contributed by atoms with van der Waals surface area (Å²) in [6.07, 6.45) is 0.791. The normalized spacial score (nSPS) is 20.3. The maximum Gasteiger partial charge on any atom is 0.275 e. The van der Waals surface area contributed by atoms with Gasteiger partial charge in [0.25, 0.3) is 16.8 Å². The van der Waals surface area contributed by atoms with Gasteiger partial charge in [-0.2, -0.15) is 0 Å². The molecule has 0 saturated heterocycles. The van der Waals surface area contributed by atoms with Gasteiger partial charge in [-0.05, 0) is 19.4 Å². The van der Waals surface area contributed by atoms with Gasteiger partial charge in [-0.15, -0.1) is 5.92 Å². The van der Waals surface area contributed by atoms with Crippen molar-refractivity contribution in [1.29, 1.82) is 0 Å². The number of hydrogen-bond donors (Lipinski definition) is 3. The van der Waals surface area contributed by atoms with Crippen LogP contribution in [-0.2, 0) is 0 Å². The van der Waals surface area contributed by atoms with E-state index in [1.54, 1.807) is 13.8 Å². The molecule has 8 nitrogen and oxygen atoms in total. The van der Waals surface area contributed by atoms with Crippen LogP contribution < -0.4 is 21.5 Å². The highest BCUT2D eigenvalue weighted by Crippen LogP contribution is 2.49. The Morgan fingerprint density at radius 1 is 1.25 bits per heavy atom. The van der Waals surface area contributed by atoms with Crippen LogP contribution in [0, 0.1) is 17.3 Å². The molecule has 1 heterocycles. The Hall–Kier alpha value is -3.48. The van der Waals surface area contributed by atoms with Crippen LogP contribution in [0.3, 0.4) is 0 Å². The molecule has 10 heteroatoms. The Kier molecular flexibility index (Phi) is 5.96. The van der Waals surface area contributed by atoms with E-state index in [0.29, 0.717) is 0 Å². The number of rotatable bonds is 6. The lowest BCUT2D eigenvalue weighted by molar-refractivity contribution is -0.00253. The number of pyridine rings is 1. The second kappa shape index (κ2) is 8.22. The topological polar surface area (TPSA) is 112 Å². The van der Waals surface area contributed by atoms with Crippen molar-refractivity contribution in [3.05, 3.63) is 38.4 Å². The number of carbonyl (C=O) groups excluding carboxylic acids is 1. The van der Waals surface area contributed by atoms with Crippen LogP contribution in [0.1, 0.15) is 43.6 Å². The zero-order valence-electron chi connectivity index (χ0n) is 18.2. The summed E-state index contributed by atoms with van der Waals surface area (Å²) in [4.78, 5) is 41.7. The summed E-state index contributed by atoms with van der Waals surface area (Å²) in [5.41, 5.74) is -3.04. The van der Waals surface area contributed by atoms with Crippen LogP contribution in [-0.4, -0.2) is 47.0 Å². The average Bonchev–Trinajstić information content (AvgIpc) is 3.03. The molecule has 32 heavy (non-hydrogen) atoms. The minimum Gasteiger partial charge on any atom is -0.504 e. The molecule has 1 fully saturated rings. The zero-order chi connectivity index (χ0) is 23.8. The van der Waals surface area contributed by atoms with Crippen molar-refractivity contribution in [1.82, 2.24) is 9.88 Å². The van der Waals surface area contributed by atoms with E-state index in [2.05, 4.69) is 27.5 Å². The molecule has 1 amide bonds. The predicted octanol–water partition coefficient (Wildman–Crippen LogP) is 2.46. The molecule has 1 saturated carbocycles. The van der Waals surface area contributed by atoms with Gasteiger partial charge >= 0.3 is 0 Å². The van der Waals surface area contributed by atoms with Gasteiger partial charge in [-0.25, -0.2) is 13.8 Å². The molecular formula is C22H24F2N4O4. The van der Waals surface area contributed by atoms with Crippen LogP contribution in [0.4, 0.5) is 25.8 Å². The van der Waals surface area contributed by atoms with E-state index < -0.39 is 46.3 Å². The van der Waals surface area contributed by atoms with E-state index >= 15 is 0 Å². The van der Waals surface area contributed by atoms with E-state index in [1.165, 1.54) is 31.3 Å². The number of halogens is 2. The highest BCUT2D eigenvalue weighted by molar-refractivity contribution is 5.97. The van der Waals surface area contributed by atoms with Crippen molar-refractivity contribution < 1.29 is 18.7 Å². The van der Waals surface area contributed by atoms with Crippen molar-refractivity contribution >= 4 is 23.0 Å². The highest BCUT2D eigenvalue weighted by atomic mass is 19.3.